The molecule has 0 aliphatic rings. The van der Waals surface area contributed by atoms with Crippen molar-refractivity contribution in [2.45, 2.75) is 6.42 Å². The van der Waals surface area contributed by atoms with Crippen molar-refractivity contribution in [2.24, 2.45) is 0 Å². The normalized spacial score (nSPS) is 9.57. The lowest BCUT2D eigenvalue weighted by molar-refractivity contribution is -0.115. The molecule has 0 aliphatic heterocycles. The van der Waals surface area contributed by atoms with E-state index in [4.69, 9.17) is 10.00 Å². The Morgan fingerprint density at radius 1 is 1.09 bits per heavy atom. The highest BCUT2D eigenvalue weighted by molar-refractivity contribution is 6.05. The van der Waals surface area contributed by atoms with Gasteiger partial charge in [-0.2, -0.15) is 5.26 Å². The van der Waals surface area contributed by atoms with Gasteiger partial charge in [-0.3, -0.25) is 9.59 Å². The summed E-state index contributed by atoms with van der Waals surface area (Å²) in [5, 5.41) is 13.8. The molecule has 2 N–H and O–H groups in total. The minimum atomic E-state index is -0.419. The van der Waals surface area contributed by atoms with Gasteiger partial charge in [-0.25, -0.2) is 0 Å². The summed E-state index contributed by atoms with van der Waals surface area (Å²) in [5.74, 6) is -0.0900. The van der Waals surface area contributed by atoms with Crippen molar-refractivity contribution in [1.29, 1.82) is 5.26 Å². The highest BCUT2D eigenvalue weighted by Gasteiger charge is 2.08. The van der Waals surface area contributed by atoms with Gasteiger partial charge in [0, 0.05) is 23.0 Å². The van der Waals surface area contributed by atoms with Gasteiger partial charge < -0.3 is 15.4 Å². The van der Waals surface area contributed by atoms with Crippen LogP contribution in [0.4, 0.5) is 11.4 Å². The van der Waals surface area contributed by atoms with Crippen molar-refractivity contribution in [3.63, 3.8) is 0 Å². The van der Waals surface area contributed by atoms with Crippen molar-refractivity contribution >= 4 is 23.2 Å². The van der Waals surface area contributed by atoms with Gasteiger partial charge in [-0.05, 0) is 30.3 Å². The second-order valence-electron chi connectivity index (χ2n) is 4.65. The number of nitriles is 1. The molecule has 0 aliphatic carbocycles. The first kappa shape index (κ1) is 16.0. The number of hydrogen-bond acceptors (Lipinski definition) is 4. The first-order chi connectivity index (χ1) is 11.1. The zero-order chi connectivity index (χ0) is 16.7. The van der Waals surface area contributed by atoms with E-state index in [1.807, 2.05) is 0 Å². The van der Waals surface area contributed by atoms with Gasteiger partial charge in [0.05, 0.1) is 13.2 Å². The van der Waals surface area contributed by atoms with Crippen LogP contribution in [0.2, 0.25) is 0 Å². The number of carbonyl (C=O) groups excluding carboxylic acids is 2. The largest absolute Gasteiger partial charge is 0.497 e. The van der Waals surface area contributed by atoms with Crippen molar-refractivity contribution < 1.29 is 14.3 Å². The lowest BCUT2D eigenvalue weighted by Gasteiger charge is -2.08. The Bertz CT molecular complexity index is 766. The lowest BCUT2D eigenvalue weighted by Crippen LogP contribution is -2.14. The van der Waals surface area contributed by atoms with E-state index in [0.29, 0.717) is 22.7 Å². The Hall–Kier alpha value is -3.33. The number of methoxy groups -OCH3 is 1. The maximum Gasteiger partial charge on any atom is 0.255 e. The second-order valence-corrected chi connectivity index (χ2v) is 4.65. The number of rotatable bonds is 5. The van der Waals surface area contributed by atoms with E-state index in [1.165, 1.54) is 0 Å². The van der Waals surface area contributed by atoms with E-state index >= 15 is 0 Å². The standard InChI is InChI=1S/C17H15N3O3/c1-23-15-7-3-6-14(11-15)20-17(22)12-4-2-5-13(10-12)19-16(21)8-9-18/h2-7,10-11H,8H2,1H3,(H,19,21)(H,20,22). The van der Waals surface area contributed by atoms with E-state index in [0.717, 1.165) is 0 Å². The SMILES string of the molecule is COc1cccc(NC(=O)c2cccc(NC(=O)CC#N)c2)c1. The minimum absolute atomic E-state index is 0.236. The van der Waals surface area contributed by atoms with E-state index < -0.39 is 5.91 Å². The quantitative estimate of drug-likeness (QED) is 0.888. The van der Waals surface area contributed by atoms with Crippen LogP contribution in [0, 0.1) is 11.3 Å². The first-order valence-electron chi connectivity index (χ1n) is 6.84. The average molecular weight is 309 g/mol. The molecule has 23 heavy (non-hydrogen) atoms. The maximum atomic E-state index is 12.3. The fourth-order valence-corrected chi connectivity index (χ4v) is 1.92. The van der Waals surface area contributed by atoms with Crippen molar-refractivity contribution in [3.05, 3.63) is 54.1 Å². The zero-order valence-electron chi connectivity index (χ0n) is 12.5. The van der Waals surface area contributed by atoms with E-state index in [1.54, 1.807) is 61.7 Å². The van der Waals surface area contributed by atoms with Gasteiger partial charge >= 0.3 is 0 Å². The Kier molecular flexibility index (Phi) is 5.31. The predicted octanol–water partition coefficient (Wildman–Crippen LogP) is 2.80. The van der Waals surface area contributed by atoms with Crippen molar-refractivity contribution in [2.75, 3.05) is 17.7 Å². The third-order valence-corrected chi connectivity index (χ3v) is 2.98. The van der Waals surface area contributed by atoms with E-state index in [-0.39, 0.29) is 12.3 Å². The van der Waals surface area contributed by atoms with Gasteiger partial charge in [-0.15, -0.1) is 0 Å². The third kappa shape index (κ3) is 4.58. The van der Waals surface area contributed by atoms with Crippen LogP contribution in [0.5, 0.6) is 5.75 Å². The molecule has 0 atom stereocenters. The van der Waals surface area contributed by atoms with E-state index in [9.17, 15) is 9.59 Å². The van der Waals surface area contributed by atoms with Gasteiger partial charge in [0.25, 0.3) is 5.91 Å². The summed E-state index contributed by atoms with van der Waals surface area (Å²) >= 11 is 0. The molecular weight excluding hydrogens is 294 g/mol. The van der Waals surface area contributed by atoms with E-state index in [2.05, 4.69) is 10.6 Å². The monoisotopic (exact) mass is 309 g/mol. The summed E-state index contributed by atoms with van der Waals surface area (Å²) in [7, 11) is 1.55. The number of hydrogen-bond donors (Lipinski definition) is 2. The summed E-state index contributed by atoms with van der Waals surface area (Å²) in [6, 6.07) is 15.3. The summed E-state index contributed by atoms with van der Waals surface area (Å²) in [5.41, 5.74) is 1.46. The summed E-state index contributed by atoms with van der Waals surface area (Å²) in [4.78, 5) is 23.7. The van der Waals surface area contributed by atoms with Crippen molar-refractivity contribution in [3.8, 4) is 11.8 Å². The number of amides is 2. The molecule has 0 heterocycles. The molecule has 2 rings (SSSR count). The molecule has 0 fully saturated rings. The third-order valence-electron chi connectivity index (χ3n) is 2.98. The molecule has 6 nitrogen and oxygen atoms in total. The molecule has 6 heteroatoms. The van der Waals surface area contributed by atoms with Crippen LogP contribution in [0.3, 0.4) is 0 Å². The average Bonchev–Trinajstić information content (AvgIpc) is 2.55. The van der Waals surface area contributed by atoms with Crippen LogP contribution in [-0.4, -0.2) is 18.9 Å². The number of anilines is 2. The number of carbonyl (C=O) groups is 2. The number of ether oxygens (including phenoxy) is 1. The molecular formula is C17H15N3O3. The molecule has 0 aromatic heterocycles. The molecule has 2 aromatic carbocycles. The molecule has 0 radical (unpaired) electrons. The first-order valence-corrected chi connectivity index (χ1v) is 6.84. The van der Waals surface area contributed by atoms with Crippen LogP contribution >= 0.6 is 0 Å². The number of benzene rings is 2. The highest BCUT2D eigenvalue weighted by atomic mass is 16.5. The molecule has 0 unspecified atom stereocenters. The number of nitrogens with zero attached hydrogens (tertiary/aromatic N) is 1. The lowest BCUT2D eigenvalue weighted by atomic mass is 10.1. The molecule has 0 spiro atoms. The van der Waals surface area contributed by atoms with Gasteiger partial charge in [0.2, 0.25) is 5.91 Å². The van der Waals surface area contributed by atoms with Gasteiger partial charge in [0.1, 0.15) is 12.2 Å². The van der Waals surface area contributed by atoms with Crippen LogP contribution in [0.15, 0.2) is 48.5 Å². The Morgan fingerprint density at radius 2 is 1.78 bits per heavy atom. The predicted molar refractivity (Wildman–Crippen MR) is 86.2 cm³/mol. The molecule has 2 aromatic rings. The van der Waals surface area contributed by atoms with Crippen LogP contribution < -0.4 is 15.4 Å². The summed E-state index contributed by atoms with van der Waals surface area (Å²) < 4.78 is 5.10. The van der Waals surface area contributed by atoms with Gasteiger partial charge in [0.15, 0.2) is 0 Å². The smallest absolute Gasteiger partial charge is 0.255 e. The highest BCUT2D eigenvalue weighted by Crippen LogP contribution is 2.18. The summed E-state index contributed by atoms with van der Waals surface area (Å²) in [6.45, 7) is 0. The molecule has 0 saturated carbocycles. The topological polar surface area (TPSA) is 91.2 Å². The fraction of sp³-hybridized carbons (Fsp3) is 0.118. The van der Waals surface area contributed by atoms with Crippen LogP contribution in [-0.2, 0) is 4.79 Å². The Balaban J connectivity index is 2.10. The van der Waals surface area contributed by atoms with Crippen LogP contribution in [0.1, 0.15) is 16.8 Å². The minimum Gasteiger partial charge on any atom is -0.497 e. The van der Waals surface area contributed by atoms with Crippen LogP contribution in [0.25, 0.3) is 0 Å². The molecule has 0 saturated heterocycles. The Labute approximate surface area is 133 Å². The number of nitrogens with one attached hydrogen (secondary N) is 2. The molecule has 0 bridgehead atoms. The second kappa shape index (κ2) is 7.61. The van der Waals surface area contributed by atoms with Gasteiger partial charge in [-0.1, -0.05) is 12.1 Å². The molecule has 2 amide bonds. The Morgan fingerprint density at radius 3 is 2.48 bits per heavy atom. The summed E-state index contributed by atoms with van der Waals surface area (Å²) in [6.07, 6.45) is -0.236. The molecule has 116 valence electrons. The zero-order valence-corrected chi connectivity index (χ0v) is 12.5. The van der Waals surface area contributed by atoms with Crippen molar-refractivity contribution in [1.82, 2.24) is 0 Å². The maximum absolute atomic E-state index is 12.3. The fourth-order valence-electron chi connectivity index (χ4n) is 1.92.